The number of amides is 4. The van der Waals surface area contributed by atoms with Crippen molar-refractivity contribution in [3.05, 3.63) is 0 Å². The molecule has 0 bridgehead atoms. The topological polar surface area (TPSA) is 146 Å². The second-order valence-corrected chi connectivity index (χ2v) is 8.13. The number of nitrogens with one attached hydrogen (secondary N) is 4. The van der Waals surface area contributed by atoms with Crippen LogP contribution in [-0.4, -0.2) is 66.3 Å². The number of hydrogen-bond donors (Lipinski definition) is 5. The van der Waals surface area contributed by atoms with Gasteiger partial charge in [0.15, 0.2) is 6.10 Å². The van der Waals surface area contributed by atoms with Gasteiger partial charge < -0.3 is 31.1 Å². The summed E-state index contributed by atoms with van der Waals surface area (Å²) in [5.74, 6) is -1.78. The van der Waals surface area contributed by atoms with Crippen molar-refractivity contribution in [1.29, 1.82) is 0 Å². The molecule has 0 radical (unpaired) electrons. The van der Waals surface area contributed by atoms with E-state index in [1.165, 1.54) is 0 Å². The van der Waals surface area contributed by atoms with Crippen LogP contribution in [0.5, 0.6) is 0 Å². The zero-order chi connectivity index (χ0) is 22.0. The maximum Gasteiger partial charge on any atom is 0.408 e. The van der Waals surface area contributed by atoms with Crippen molar-refractivity contribution in [1.82, 2.24) is 21.3 Å². The highest BCUT2D eigenvalue weighted by atomic mass is 16.6. The van der Waals surface area contributed by atoms with E-state index < -0.39 is 41.6 Å². The van der Waals surface area contributed by atoms with Crippen LogP contribution >= 0.6 is 0 Å². The lowest BCUT2D eigenvalue weighted by Gasteiger charge is -2.25. The second-order valence-electron chi connectivity index (χ2n) is 8.13. The Kier molecular flexibility index (Phi) is 9.87. The molecule has 10 heteroatoms. The van der Waals surface area contributed by atoms with Gasteiger partial charge >= 0.3 is 6.09 Å². The normalized spacial score (nSPS) is 18.4. The molecule has 1 heterocycles. The molecular formula is C19H34N4O6. The summed E-state index contributed by atoms with van der Waals surface area (Å²) in [5, 5.41) is 20.6. The molecule has 3 unspecified atom stereocenters. The highest BCUT2D eigenvalue weighted by molar-refractivity contribution is 5.86. The number of ether oxygens (including phenoxy) is 1. The van der Waals surface area contributed by atoms with Gasteiger partial charge in [0.2, 0.25) is 11.8 Å². The molecular weight excluding hydrogens is 380 g/mol. The number of hydrogen-bond acceptors (Lipinski definition) is 6. The molecule has 0 saturated carbocycles. The summed E-state index contributed by atoms with van der Waals surface area (Å²) in [4.78, 5) is 48.0. The molecule has 3 atom stereocenters. The van der Waals surface area contributed by atoms with Crippen molar-refractivity contribution in [2.75, 3.05) is 19.6 Å². The molecule has 1 saturated heterocycles. The fraction of sp³-hybridized carbons (Fsp3) is 0.789. The minimum atomic E-state index is -1.51. The molecule has 1 fully saturated rings. The van der Waals surface area contributed by atoms with Crippen LogP contribution in [0.25, 0.3) is 0 Å². The number of rotatable bonds is 10. The number of aliphatic hydroxyl groups is 1. The number of unbranched alkanes of at least 4 members (excludes halogenated alkanes) is 1. The SMILES string of the molecule is CCCCNC(=O)C(O)C(CC1CCNC1=O)NC(=O)CNC(=O)OC(C)(C)C. The third-order valence-corrected chi connectivity index (χ3v) is 4.32. The molecule has 5 N–H and O–H groups in total. The first-order valence-corrected chi connectivity index (χ1v) is 10.0. The fourth-order valence-electron chi connectivity index (χ4n) is 2.84. The van der Waals surface area contributed by atoms with Crippen LogP contribution in [-0.2, 0) is 19.1 Å². The zero-order valence-electron chi connectivity index (χ0n) is 17.7. The van der Waals surface area contributed by atoms with Crippen LogP contribution in [0.1, 0.15) is 53.4 Å². The van der Waals surface area contributed by atoms with Crippen LogP contribution in [0.2, 0.25) is 0 Å². The van der Waals surface area contributed by atoms with Crippen molar-refractivity contribution < 1.29 is 29.0 Å². The van der Waals surface area contributed by atoms with Gasteiger partial charge in [-0.1, -0.05) is 13.3 Å². The Balaban J connectivity index is 2.67. The largest absolute Gasteiger partial charge is 0.444 e. The van der Waals surface area contributed by atoms with E-state index in [1.54, 1.807) is 20.8 Å². The van der Waals surface area contributed by atoms with E-state index in [9.17, 15) is 24.3 Å². The Morgan fingerprint density at radius 1 is 1.28 bits per heavy atom. The Bertz CT molecular complexity index is 590. The Labute approximate surface area is 171 Å². The molecule has 1 rings (SSSR count). The Morgan fingerprint density at radius 3 is 2.52 bits per heavy atom. The smallest absolute Gasteiger partial charge is 0.408 e. The molecule has 0 spiro atoms. The van der Waals surface area contributed by atoms with E-state index in [1.807, 2.05) is 6.92 Å². The van der Waals surface area contributed by atoms with Crippen LogP contribution in [0.4, 0.5) is 4.79 Å². The summed E-state index contributed by atoms with van der Waals surface area (Å²) >= 11 is 0. The minimum Gasteiger partial charge on any atom is -0.444 e. The molecule has 166 valence electrons. The number of alkyl carbamates (subject to hydrolysis) is 1. The molecule has 1 aliphatic rings. The predicted molar refractivity (Wildman–Crippen MR) is 106 cm³/mol. The van der Waals surface area contributed by atoms with Crippen molar-refractivity contribution in [3.63, 3.8) is 0 Å². The fourth-order valence-corrected chi connectivity index (χ4v) is 2.84. The maximum absolute atomic E-state index is 12.2. The first kappa shape index (κ1) is 24.7. The lowest BCUT2D eigenvalue weighted by atomic mass is 9.94. The van der Waals surface area contributed by atoms with Gasteiger partial charge in [-0.15, -0.1) is 0 Å². The molecule has 0 aromatic carbocycles. The summed E-state index contributed by atoms with van der Waals surface area (Å²) in [6.45, 7) is 7.61. The van der Waals surface area contributed by atoms with Gasteiger partial charge in [0.1, 0.15) is 12.1 Å². The van der Waals surface area contributed by atoms with Crippen LogP contribution < -0.4 is 21.3 Å². The van der Waals surface area contributed by atoms with Gasteiger partial charge in [-0.3, -0.25) is 14.4 Å². The van der Waals surface area contributed by atoms with E-state index in [4.69, 9.17) is 4.74 Å². The molecule has 4 amide bonds. The molecule has 10 nitrogen and oxygen atoms in total. The quantitative estimate of drug-likeness (QED) is 0.313. The lowest BCUT2D eigenvalue weighted by molar-refractivity contribution is -0.133. The third kappa shape index (κ3) is 9.60. The summed E-state index contributed by atoms with van der Waals surface area (Å²) in [5.41, 5.74) is -0.703. The third-order valence-electron chi connectivity index (χ3n) is 4.32. The number of carbonyl (C=O) groups is 4. The van der Waals surface area contributed by atoms with Crippen molar-refractivity contribution >= 4 is 23.8 Å². The number of aliphatic hydroxyl groups excluding tert-OH is 1. The van der Waals surface area contributed by atoms with E-state index in [-0.39, 0.29) is 18.9 Å². The Hall–Kier alpha value is -2.36. The average Bonchev–Trinajstić information content (AvgIpc) is 3.02. The minimum absolute atomic E-state index is 0.117. The summed E-state index contributed by atoms with van der Waals surface area (Å²) < 4.78 is 5.06. The van der Waals surface area contributed by atoms with Crippen LogP contribution in [0.15, 0.2) is 0 Å². The van der Waals surface area contributed by atoms with Gasteiger partial charge in [0.25, 0.3) is 5.91 Å². The highest BCUT2D eigenvalue weighted by Gasteiger charge is 2.34. The molecule has 0 aliphatic carbocycles. The highest BCUT2D eigenvalue weighted by Crippen LogP contribution is 2.18. The standard InChI is InChI=1S/C19H34N4O6/c1-5-6-8-20-17(27)15(25)13(10-12-7-9-21-16(12)26)23-14(24)11-22-18(28)29-19(2,3)4/h12-13,15,25H,5-11H2,1-4H3,(H,20,27)(H,21,26)(H,22,28)(H,23,24). The van der Waals surface area contributed by atoms with Crippen molar-refractivity contribution in [3.8, 4) is 0 Å². The zero-order valence-corrected chi connectivity index (χ0v) is 17.7. The maximum atomic E-state index is 12.2. The summed E-state index contributed by atoms with van der Waals surface area (Å²) in [6, 6.07) is -0.960. The molecule has 1 aliphatic heterocycles. The monoisotopic (exact) mass is 414 g/mol. The van der Waals surface area contributed by atoms with Gasteiger partial charge in [-0.2, -0.15) is 0 Å². The molecule has 29 heavy (non-hydrogen) atoms. The van der Waals surface area contributed by atoms with Crippen LogP contribution in [0, 0.1) is 5.92 Å². The number of carbonyl (C=O) groups excluding carboxylic acids is 4. The van der Waals surface area contributed by atoms with E-state index >= 15 is 0 Å². The van der Waals surface area contributed by atoms with Crippen LogP contribution in [0.3, 0.4) is 0 Å². The van der Waals surface area contributed by atoms with Gasteiger partial charge in [0.05, 0.1) is 6.04 Å². The lowest BCUT2D eigenvalue weighted by Crippen LogP contribution is -2.53. The molecule has 0 aromatic heterocycles. The van der Waals surface area contributed by atoms with Crippen molar-refractivity contribution in [2.24, 2.45) is 5.92 Å². The molecule has 0 aromatic rings. The Morgan fingerprint density at radius 2 is 1.97 bits per heavy atom. The summed E-state index contributed by atoms with van der Waals surface area (Å²) in [6.07, 6.45) is 0.0656. The van der Waals surface area contributed by atoms with Gasteiger partial charge in [-0.25, -0.2) is 4.79 Å². The van der Waals surface area contributed by atoms with Gasteiger partial charge in [0, 0.05) is 19.0 Å². The predicted octanol–water partition coefficient (Wildman–Crippen LogP) is -0.201. The van der Waals surface area contributed by atoms with E-state index in [0.717, 1.165) is 12.8 Å². The van der Waals surface area contributed by atoms with E-state index in [2.05, 4.69) is 21.3 Å². The summed E-state index contributed by atoms with van der Waals surface area (Å²) in [7, 11) is 0. The van der Waals surface area contributed by atoms with Crippen molar-refractivity contribution in [2.45, 2.75) is 71.1 Å². The van der Waals surface area contributed by atoms with E-state index in [0.29, 0.717) is 19.5 Å². The average molecular weight is 415 g/mol. The van der Waals surface area contributed by atoms with Gasteiger partial charge in [-0.05, 0) is 40.0 Å². The first-order valence-electron chi connectivity index (χ1n) is 10.0. The second kappa shape index (κ2) is 11.6. The first-order chi connectivity index (χ1) is 13.5.